The molecule has 0 bridgehead atoms. The highest BCUT2D eigenvalue weighted by atomic mass is 16.3. The monoisotopic (exact) mass is 238 g/mol. The minimum Gasteiger partial charge on any atom is -0.461 e. The van der Waals surface area contributed by atoms with E-state index in [0.29, 0.717) is 11.3 Å². The Morgan fingerprint density at radius 2 is 1.94 bits per heavy atom. The van der Waals surface area contributed by atoms with Gasteiger partial charge in [-0.05, 0) is 24.3 Å². The van der Waals surface area contributed by atoms with Crippen molar-refractivity contribution in [3.63, 3.8) is 0 Å². The molecule has 0 aliphatic heterocycles. The minimum atomic E-state index is -0.165. The molecule has 0 N–H and O–H groups in total. The van der Waals surface area contributed by atoms with Gasteiger partial charge in [0.05, 0.1) is 23.7 Å². The van der Waals surface area contributed by atoms with Crippen molar-refractivity contribution in [2.75, 3.05) is 0 Å². The van der Waals surface area contributed by atoms with Crippen molar-refractivity contribution in [2.45, 2.75) is 0 Å². The Bertz CT molecular complexity index is 654. The van der Waals surface area contributed by atoms with Crippen molar-refractivity contribution in [1.82, 2.24) is 9.78 Å². The number of para-hydroxylation sites is 1. The number of rotatable bonds is 3. The lowest BCUT2D eigenvalue weighted by molar-refractivity contribution is 0.101. The zero-order valence-corrected chi connectivity index (χ0v) is 9.48. The van der Waals surface area contributed by atoms with Gasteiger partial charge in [-0.3, -0.25) is 4.79 Å². The molecule has 0 saturated carbocycles. The molecule has 0 saturated heterocycles. The lowest BCUT2D eigenvalue weighted by Crippen LogP contribution is -1.98. The highest BCUT2D eigenvalue weighted by Crippen LogP contribution is 2.12. The fourth-order valence-electron chi connectivity index (χ4n) is 1.71. The van der Waals surface area contributed by atoms with Crippen LogP contribution in [0.5, 0.6) is 0 Å². The number of nitrogens with zero attached hydrogens (tertiary/aromatic N) is 2. The molecule has 0 atom stereocenters. The van der Waals surface area contributed by atoms with Gasteiger partial charge >= 0.3 is 0 Å². The van der Waals surface area contributed by atoms with Crippen LogP contribution in [0.1, 0.15) is 16.1 Å². The van der Waals surface area contributed by atoms with Gasteiger partial charge in [0, 0.05) is 6.20 Å². The SMILES string of the molecule is O=C(c1cnn(-c2ccccc2)c1)c1ccco1. The van der Waals surface area contributed by atoms with Gasteiger partial charge in [-0.1, -0.05) is 18.2 Å². The number of aromatic nitrogens is 2. The van der Waals surface area contributed by atoms with E-state index in [0.717, 1.165) is 5.69 Å². The summed E-state index contributed by atoms with van der Waals surface area (Å²) in [5, 5.41) is 4.17. The van der Waals surface area contributed by atoms with E-state index in [4.69, 9.17) is 4.42 Å². The van der Waals surface area contributed by atoms with E-state index < -0.39 is 0 Å². The van der Waals surface area contributed by atoms with Crippen LogP contribution in [0.2, 0.25) is 0 Å². The van der Waals surface area contributed by atoms with Gasteiger partial charge in [0.2, 0.25) is 5.78 Å². The topological polar surface area (TPSA) is 48.0 Å². The lowest BCUT2D eigenvalue weighted by atomic mass is 10.2. The predicted octanol–water partition coefficient (Wildman–Crippen LogP) is 2.70. The molecule has 4 nitrogen and oxygen atoms in total. The van der Waals surface area contributed by atoms with Crippen molar-refractivity contribution in [1.29, 1.82) is 0 Å². The van der Waals surface area contributed by atoms with E-state index in [1.54, 1.807) is 23.0 Å². The lowest BCUT2D eigenvalue weighted by Gasteiger charge is -1.98. The van der Waals surface area contributed by atoms with Crippen LogP contribution >= 0.6 is 0 Å². The highest BCUT2D eigenvalue weighted by Gasteiger charge is 2.14. The normalized spacial score (nSPS) is 10.4. The van der Waals surface area contributed by atoms with Crippen molar-refractivity contribution >= 4 is 5.78 Å². The molecule has 2 aromatic heterocycles. The summed E-state index contributed by atoms with van der Waals surface area (Å²) in [6.45, 7) is 0. The maximum absolute atomic E-state index is 12.0. The van der Waals surface area contributed by atoms with Crippen LogP contribution in [0, 0.1) is 0 Å². The molecule has 0 amide bonds. The van der Waals surface area contributed by atoms with Gasteiger partial charge in [0.25, 0.3) is 0 Å². The molecule has 0 radical (unpaired) electrons. The molecule has 18 heavy (non-hydrogen) atoms. The molecule has 0 fully saturated rings. The summed E-state index contributed by atoms with van der Waals surface area (Å²) in [6.07, 6.45) is 4.72. The molecule has 0 aliphatic rings. The van der Waals surface area contributed by atoms with Crippen LogP contribution in [0.15, 0.2) is 65.5 Å². The van der Waals surface area contributed by atoms with Crippen LogP contribution in [-0.2, 0) is 0 Å². The zero-order chi connectivity index (χ0) is 12.4. The first-order chi connectivity index (χ1) is 8.84. The van der Waals surface area contributed by atoms with Crippen molar-refractivity contribution in [2.24, 2.45) is 0 Å². The molecule has 1 aromatic carbocycles. The molecular weight excluding hydrogens is 228 g/mol. The average molecular weight is 238 g/mol. The van der Waals surface area contributed by atoms with E-state index in [-0.39, 0.29) is 5.78 Å². The summed E-state index contributed by atoms with van der Waals surface area (Å²) in [5.41, 5.74) is 1.42. The van der Waals surface area contributed by atoms with Gasteiger partial charge in [0.15, 0.2) is 5.76 Å². The van der Waals surface area contributed by atoms with E-state index in [2.05, 4.69) is 5.10 Å². The summed E-state index contributed by atoms with van der Waals surface area (Å²) in [6, 6.07) is 13.0. The van der Waals surface area contributed by atoms with E-state index >= 15 is 0 Å². The number of benzene rings is 1. The van der Waals surface area contributed by atoms with Crippen LogP contribution < -0.4 is 0 Å². The quantitative estimate of drug-likeness (QED) is 0.659. The second kappa shape index (κ2) is 4.33. The van der Waals surface area contributed by atoms with E-state index in [1.165, 1.54) is 12.5 Å². The third-order valence-electron chi connectivity index (χ3n) is 2.61. The number of carbonyl (C=O) groups is 1. The number of carbonyl (C=O) groups excluding carboxylic acids is 1. The summed E-state index contributed by atoms with van der Waals surface area (Å²) in [5.74, 6) is 0.157. The van der Waals surface area contributed by atoms with Crippen LogP contribution in [-0.4, -0.2) is 15.6 Å². The van der Waals surface area contributed by atoms with Crippen LogP contribution in [0.25, 0.3) is 5.69 Å². The largest absolute Gasteiger partial charge is 0.461 e. The number of hydrogen-bond donors (Lipinski definition) is 0. The fraction of sp³-hybridized carbons (Fsp3) is 0. The summed E-state index contributed by atoms with van der Waals surface area (Å²) < 4.78 is 6.74. The summed E-state index contributed by atoms with van der Waals surface area (Å²) in [4.78, 5) is 12.0. The fourth-order valence-corrected chi connectivity index (χ4v) is 1.71. The maximum Gasteiger partial charge on any atom is 0.231 e. The molecule has 2 heterocycles. The minimum absolute atomic E-state index is 0.165. The first-order valence-electron chi connectivity index (χ1n) is 5.53. The van der Waals surface area contributed by atoms with Crippen molar-refractivity contribution < 1.29 is 9.21 Å². The van der Waals surface area contributed by atoms with Gasteiger partial charge in [-0.15, -0.1) is 0 Å². The Kier molecular flexibility index (Phi) is 2.53. The summed E-state index contributed by atoms with van der Waals surface area (Å²) in [7, 11) is 0. The molecule has 3 aromatic rings. The van der Waals surface area contributed by atoms with Gasteiger partial charge in [0.1, 0.15) is 0 Å². The third kappa shape index (κ3) is 1.84. The van der Waals surface area contributed by atoms with Gasteiger partial charge < -0.3 is 4.42 Å². The first kappa shape index (κ1) is 10.5. The maximum atomic E-state index is 12.0. The Labute approximate surface area is 103 Å². The van der Waals surface area contributed by atoms with Crippen molar-refractivity contribution in [3.05, 3.63) is 72.4 Å². The molecule has 3 rings (SSSR count). The zero-order valence-electron chi connectivity index (χ0n) is 9.48. The average Bonchev–Trinajstić information content (AvgIpc) is 3.10. The molecule has 0 spiro atoms. The Hall–Kier alpha value is -2.62. The van der Waals surface area contributed by atoms with E-state index in [1.807, 2.05) is 30.3 Å². The third-order valence-corrected chi connectivity index (χ3v) is 2.61. The number of hydrogen-bond acceptors (Lipinski definition) is 3. The smallest absolute Gasteiger partial charge is 0.231 e. The van der Waals surface area contributed by atoms with Gasteiger partial charge in [-0.25, -0.2) is 4.68 Å². The first-order valence-corrected chi connectivity index (χ1v) is 5.53. The second-order valence-electron chi connectivity index (χ2n) is 3.82. The van der Waals surface area contributed by atoms with E-state index in [9.17, 15) is 4.79 Å². The molecular formula is C14H10N2O2. The van der Waals surface area contributed by atoms with Crippen molar-refractivity contribution in [3.8, 4) is 5.69 Å². The Morgan fingerprint density at radius 3 is 2.67 bits per heavy atom. The molecule has 0 unspecified atom stereocenters. The van der Waals surface area contributed by atoms with Gasteiger partial charge in [-0.2, -0.15) is 5.10 Å². The molecule has 0 aliphatic carbocycles. The Morgan fingerprint density at radius 1 is 1.11 bits per heavy atom. The van der Waals surface area contributed by atoms with Crippen LogP contribution in [0.4, 0.5) is 0 Å². The number of furan rings is 1. The number of ketones is 1. The predicted molar refractivity (Wildman–Crippen MR) is 65.7 cm³/mol. The highest BCUT2D eigenvalue weighted by molar-refractivity contribution is 6.06. The summed E-state index contributed by atoms with van der Waals surface area (Å²) >= 11 is 0. The standard InChI is InChI=1S/C14H10N2O2/c17-14(13-7-4-8-18-13)11-9-15-16(10-11)12-5-2-1-3-6-12/h1-10H. The molecule has 88 valence electrons. The Balaban J connectivity index is 1.93. The van der Waals surface area contributed by atoms with Crippen LogP contribution in [0.3, 0.4) is 0 Å². The second-order valence-corrected chi connectivity index (χ2v) is 3.82. The molecule has 4 heteroatoms.